The largest absolute Gasteiger partial charge is 0.481 e. The van der Waals surface area contributed by atoms with Crippen LogP contribution >= 0.6 is 11.8 Å². The SMILES string of the molecule is CC1CCC(n2nnnc2SCCCC(=O)O)CC1. The standard InChI is InChI=1S/C12H20N4O2S/c1-9-4-6-10(7-5-9)16-12(13-14-15-16)19-8-2-3-11(17)18/h9-10H,2-8H2,1H3,(H,17,18). The number of hydrogen-bond donors (Lipinski definition) is 1. The molecule has 1 saturated carbocycles. The van der Waals surface area contributed by atoms with Crippen LogP contribution in [0.4, 0.5) is 0 Å². The first-order valence-electron chi connectivity index (χ1n) is 6.79. The summed E-state index contributed by atoms with van der Waals surface area (Å²) in [6, 6.07) is 0.410. The van der Waals surface area contributed by atoms with Crippen molar-refractivity contribution in [2.45, 2.75) is 56.6 Å². The van der Waals surface area contributed by atoms with Gasteiger partial charge >= 0.3 is 5.97 Å². The van der Waals surface area contributed by atoms with Crippen LogP contribution in [0.2, 0.25) is 0 Å². The molecule has 0 unspecified atom stereocenters. The zero-order valence-electron chi connectivity index (χ0n) is 11.2. The molecule has 106 valence electrons. The molecular formula is C12H20N4O2S. The number of hydrogen-bond acceptors (Lipinski definition) is 5. The first kappa shape index (κ1) is 14.3. The zero-order chi connectivity index (χ0) is 13.7. The molecule has 19 heavy (non-hydrogen) atoms. The van der Waals surface area contributed by atoms with E-state index >= 15 is 0 Å². The molecule has 1 aromatic heterocycles. The van der Waals surface area contributed by atoms with E-state index in [4.69, 9.17) is 5.11 Å². The number of carboxylic acid groups (broad SMARTS) is 1. The minimum atomic E-state index is -0.749. The van der Waals surface area contributed by atoms with Gasteiger partial charge in [0.25, 0.3) is 0 Å². The minimum Gasteiger partial charge on any atom is -0.481 e. The van der Waals surface area contributed by atoms with Crippen molar-refractivity contribution in [2.24, 2.45) is 5.92 Å². The fourth-order valence-electron chi connectivity index (χ4n) is 2.38. The monoisotopic (exact) mass is 284 g/mol. The number of nitrogens with zero attached hydrogens (tertiary/aromatic N) is 4. The van der Waals surface area contributed by atoms with Gasteiger partial charge in [0.15, 0.2) is 0 Å². The van der Waals surface area contributed by atoms with Crippen molar-refractivity contribution >= 4 is 17.7 Å². The average molecular weight is 284 g/mol. The van der Waals surface area contributed by atoms with Gasteiger partial charge in [-0.05, 0) is 48.4 Å². The van der Waals surface area contributed by atoms with E-state index in [1.807, 2.05) is 4.68 Å². The van der Waals surface area contributed by atoms with Crippen LogP contribution in [0.1, 0.15) is 51.5 Å². The van der Waals surface area contributed by atoms with Gasteiger partial charge in [-0.15, -0.1) is 5.10 Å². The molecule has 1 aliphatic carbocycles. The molecule has 0 atom stereocenters. The second kappa shape index (κ2) is 6.88. The Morgan fingerprint density at radius 2 is 2.16 bits per heavy atom. The molecule has 0 radical (unpaired) electrons. The topological polar surface area (TPSA) is 80.9 Å². The summed E-state index contributed by atoms with van der Waals surface area (Å²) in [6.07, 6.45) is 5.58. The number of thioether (sulfide) groups is 1. The number of tetrazole rings is 1. The molecule has 0 bridgehead atoms. The van der Waals surface area contributed by atoms with Crippen LogP contribution in [0.3, 0.4) is 0 Å². The lowest BCUT2D eigenvalue weighted by Crippen LogP contribution is -2.18. The number of rotatable bonds is 6. The van der Waals surface area contributed by atoms with Crippen LogP contribution in [0.25, 0.3) is 0 Å². The lowest BCUT2D eigenvalue weighted by atomic mass is 9.87. The Labute approximate surface area is 117 Å². The first-order chi connectivity index (χ1) is 9.16. The van der Waals surface area contributed by atoms with Crippen LogP contribution in [0.5, 0.6) is 0 Å². The Bertz CT molecular complexity index is 416. The Balaban J connectivity index is 1.85. The quantitative estimate of drug-likeness (QED) is 0.638. The van der Waals surface area contributed by atoms with Crippen LogP contribution in [-0.4, -0.2) is 37.0 Å². The highest BCUT2D eigenvalue weighted by atomic mass is 32.2. The molecule has 0 saturated heterocycles. The van der Waals surface area contributed by atoms with Gasteiger partial charge in [0.05, 0.1) is 6.04 Å². The lowest BCUT2D eigenvalue weighted by molar-refractivity contribution is -0.137. The van der Waals surface area contributed by atoms with Crippen molar-refractivity contribution in [1.82, 2.24) is 20.2 Å². The summed E-state index contributed by atoms with van der Waals surface area (Å²) in [5.41, 5.74) is 0. The van der Waals surface area contributed by atoms with E-state index in [9.17, 15) is 4.79 Å². The summed E-state index contributed by atoms with van der Waals surface area (Å²) in [6.45, 7) is 2.29. The molecule has 1 fully saturated rings. The van der Waals surface area contributed by atoms with Crippen molar-refractivity contribution in [2.75, 3.05) is 5.75 Å². The van der Waals surface area contributed by atoms with Gasteiger partial charge in [-0.2, -0.15) is 0 Å². The third-order valence-corrected chi connectivity index (χ3v) is 4.58. The van der Waals surface area contributed by atoms with Gasteiger partial charge in [-0.1, -0.05) is 18.7 Å². The van der Waals surface area contributed by atoms with Gasteiger partial charge < -0.3 is 5.11 Å². The summed E-state index contributed by atoms with van der Waals surface area (Å²) in [7, 11) is 0. The maximum absolute atomic E-state index is 10.5. The summed E-state index contributed by atoms with van der Waals surface area (Å²) in [5, 5.41) is 21.3. The molecule has 1 aromatic rings. The molecule has 1 aliphatic rings. The summed E-state index contributed by atoms with van der Waals surface area (Å²) in [5.74, 6) is 0.802. The zero-order valence-corrected chi connectivity index (χ0v) is 12.0. The van der Waals surface area contributed by atoms with E-state index < -0.39 is 5.97 Å². The number of carboxylic acids is 1. The number of aliphatic carboxylic acids is 1. The summed E-state index contributed by atoms with van der Waals surface area (Å²) in [4.78, 5) is 10.5. The highest BCUT2D eigenvalue weighted by molar-refractivity contribution is 7.99. The molecule has 1 N–H and O–H groups in total. The normalized spacial score (nSPS) is 23.4. The average Bonchev–Trinajstić information content (AvgIpc) is 2.84. The third kappa shape index (κ3) is 4.19. The van der Waals surface area contributed by atoms with Crippen molar-refractivity contribution in [3.8, 4) is 0 Å². The maximum atomic E-state index is 10.5. The van der Waals surface area contributed by atoms with Crippen LogP contribution in [0, 0.1) is 5.92 Å². The molecule has 6 nitrogen and oxygen atoms in total. The lowest BCUT2D eigenvalue weighted by Gasteiger charge is -2.26. The molecule has 0 amide bonds. The summed E-state index contributed by atoms with van der Waals surface area (Å²) >= 11 is 1.55. The second-order valence-electron chi connectivity index (χ2n) is 5.17. The van der Waals surface area contributed by atoms with E-state index in [0.29, 0.717) is 12.5 Å². The third-order valence-electron chi connectivity index (χ3n) is 3.56. The van der Waals surface area contributed by atoms with Gasteiger partial charge in [-0.3, -0.25) is 4.79 Å². The maximum Gasteiger partial charge on any atom is 0.303 e. The second-order valence-corrected chi connectivity index (χ2v) is 6.23. The highest BCUT2D eigenvalue weighted by Crippen LogP contribution is 2.33. The Morgan fingerprint density at radius 1 is 1.42 bits per heavy atom. The number of aromatic nitrogens is 4. The van der Waals surface area contributed by atoms with E-state index in [2.05, 4.69) is 22.4 Å². The molecule has 0 spiro atoms. The Morgan fingerprint density at radius 3 is 2.84 bits per heavy atom. The van der Waals surface area contributed by atoms with E-state index in [1.165, 1.54) is 12.8 Å². The molecule has 7 heteroatoms. The smallest absolute Gasteiger partial charge is 0.303 e. The molecule has 0 aromatic carbocycles. The minimum absolute atomic E-state index is 0.204. The van der Waals surface area contributed by atoms with Crippen molar-refractivity contribution in [1.29, 1.82) is 0 Å². The van der Waals surface area contributed by atoms with E-state index in [1.54, 1.807) is 11.8 Å². The number of carbonyl (C=O) groups is 1. The molecule has 2 rings (SSSR count). The van der Waals surface area contributed by atoms with Crippen LogP contribution < -0.4 is 0 Å². The van der Waals surface area contributed by atoms with Crippen molar-refractivity contribution in [3.05, 3.63) is 0 Å². The summed E-state index contributed by atoms with van der Waals surface area (Å²) < 4.78 is 1.93. The highest BCUT2D eigenvalue weighted by Gasteiger charge is 2.23. The Hall–Kier alpha value is -1.11. The van der Waals surface area contributed by atoms with Crippen LogP contribution in [0.15, 0.2) is 5.16 Å². The van der Waals surface area contributed by atoms with Crippen molar-refractivity contribution < 1.29 is 9.90 Å². The van der Waals surface area contributed by atoms with Gasteiger partial charge in [0.1, 0.15) is 0 Å². The Kier molecular flexibility index (Phi) is 5.18. The fourth-order valence-corrected chi connectivity index (χ4v) is 3.27. The van der Waals surface area contributed by atoms with Crippen molar-refractivity contribution in [3.63, 3.8) is 0 Å². The molecule has 1 heterocycles. The van der Waals surface area contributed by atoms with Gasteiger partial charge in [0.2, 0.25) is 5.16 Å². The van der Waals surface area contributed by atoms with Gasteiger partial charge in [0, 0.05) is 12.2 Å². The molecule has 0 aliphatic heterocycles. The predicted molar refractivity (Wildman–Crippen MR) is 72.1 cm³/mol. The van der Waals surface area contributed by atoms with Crippen LogP contribution in [-0.2, 0) is 4.79 Å². The molecular weight excluding hydrogens is 264 g/mol. The van der Waals surface area contributed by atoms with E-state index in [-0.39, 0.29) is 6.42 Å². The van der Waals surface area contributed by atoms with Gasteiger partial charge in [-0.25, -0.2) is 4.68 Å². The first-order valence-corrected chi connectivity index (χ1v) is 7.78. The predicted octanol–water partition coefficient (Wildman–Crippen LogP) is 2.38. The van der Waals surface area contributed by atoms with E-state index in [0.717, 1.165) is 29.7 Å². The fraction of sp³-hybridized carbons (Fsp3) is 0.833.